The first-order valence-corrected chi connectivity index (χ1v) is 8.18. The molecule has 0 radical (unpaired) electrons. The number of anilines is 2. The number of rotatable bonds is 3. The molecule has 1 N–H and O–H groups in total. The van der Waals surface area contributed by atoms with E-state index in [9.17, 15) is 4.79 Å². The monoisotopic (exact) mass is 325 g/mol. The summed E-state index contributed by atoms with van der Waals surface area (Å²) in [6, 6.07) is 9.79. The van der Waals surface area contributed by atoms with Crippen molar-refractivity contribution >= 4 is 17.4 Å². The van der Waals surface area contributed by atoms with Crippen molar-refractivity contribution in [3.05, 3.63) is 47.4 Å². The zero-order valence-corrected chi connectivity index (χ0v) is 14.4. The molecule has 1 saturated heterocycles. The van der Waals surface area contributed by atoms with Crippen LogP contribution in [0.5, 0.6) is 0 Å². The highest BCUT2D eigenvalue weighted by molar-refractivity contribution is 5.93. The summed E-state index contributed by atoms with van der Waals surface area (Å²) in [5.74, 6) is 1.20. The van der Waals surface area contributed by atoms with Gasteiger partial charge in [0.1, 0.15) is 17.3 Å². The molecule has 0 bridgehead atoms. The highest BCUT2D eigenvalue weighted by atomic mass is 16.2. The third kappa shape index (κ3) is 3.89. The van der Waals surface area contributed by atoms with Crippen LogP contribution in [0.15, 0.2) is 30.3 Å². The van der Waals surface area contributed by atoms with E-state index in [4.69, 9.17) is 0 Å². The van der Waals surface area contributed by atoms with Gasteiger partial charge in [-0.15, -0.1) is 0 Å². The molecule has 0 aliphatic carbocycles. The molecule has 2 aromatic rings. The van der Waals surface area contributed by atoms with Gasteiger partial charge in [-0.05, 0) is 33.0 Å². The number of benzene rings is 1. The number of likely N-dealkylation sites (N-methyl/N-ethyl adjacent to an activating group) is 1. The Balaban J connectivity index is 1.78. The fourth-order valence-electron chi connectivity index (χ4n) is 2.70. The average Bonchev–Trinajstić information content (AvgIpc) is 2.56. The molecular weight excluding hydrogens is 302 g/mol. The van der Waals surface area contributed by atoms with Gasteiger partial charge in [-0.3, -0.25) is 4.79 Å². The van der Waals surface area contributed by atoms with Gasteiger partial charge in [0.25, 0.3) is 5.91 Å². The average molecular weight is 325 g/mol. The molecular formula is C18H23N5O. The van der Waals surface area contributed by atoms with Crippen molar-refractivity contribution in [2.45, 2.75) is 13.8 Å². The van der Waals surface area contributed by atoms with Crippen LogP contribution in [0.2, 0.25) is 0 Å². The number of aryl methyl sites for hydroxylation is 2. The van der Waals surface area contributed by atoms with Crippen LogP contribution in [-0.4, -0.2) is 58.9 Å². The summed E-state index contributed by atoms with van der Waals surface area (Å²) in [5, 5.41) is 3.25. The second-order valence-corrected chi connectivity index (χ2v) is 6.27. The van der Waals surface area contributed by atoms with Gasteiger partial charge in [0.2, 0.25) is 0 Å². The lowest BCUT2D eigenvalue weighted by Crippen LogP contribution is -2.47. The lowest BCUT2D eigenvalue weighted by molar-refractivity contribution is 0.0658. The second-order valence-electron chi connectivity index (χ2n) is 6.27. The van der Waals surface area contributed by atoms with Crippen molar-refractivity contribution in [1.29, 1.82) is 0 Å². The number of hydrogen-bond donors (Lipinski definition) is 1. The van der Waals surface area contributed by atoms with E-state index in [-0.39, 0.29) is 5.91 Å². The minimum absolute atomic E-state index is 0.0273. The Hall–Kier alpha value is -2.47. The molecule has 0 saturated carbocycles. The molecule has 1 amide bonds. The Labute approximate surface area is 142 Å². The lowest BCUT2D eigenvalue weighted by atomic mass is 10.2. The van der Waals surface area contributed by atoms with E-state index in [1.807, 2.05) is 36.1 Å². The first kappa shape index (κ1) is 16.4. The van der Waals surface area contributed by atoms with Crippen LogP contribution in [0.4, 0.5) is 11.5 Å². The predicted molar refractivity (Wildman–Crippen MR) is 94.6 cm³/mol. The Morgan fingerprint density at radius 2 is 1.71 bits per heavy atom. The minimum atomic E-state index is -0.0273. The minimum Gasteiger partial charge on any atom is -0.340 e. The van der Waals surface area contributed by atoms with Gasteiger partial charge >= 0.3 is 0 Å². The van der Waals surface area contributed by atoms with Crippen LogP contribution in [0.3, 0.4) is 0 Å². The molecule has 0 atom stereocenters. The quantitative estimate of drug-likeness (QED) is 0.937. The number of carbonyl (C=O) groups excluding carboxylic acids is 1. The molecule has 1 aromatic carbocycles. The molecule has 126 valence electrons. The Bertz CT molecular complexity index is 721. The summed E-state index contributed by atoms with van der Waals surface area (Å²) in [5.41, 5.74) is 2.59. The number of amides is 1. The van der Waals surface area contributed by atoms with Gasteiger partial charge in [0.15, 0.2) is 0 Å². The van der Waals surface area contributed by atoms with Crippen LogP contribution >= 0.6 is 0 Å². The van der Waals surface area contributed by atoms with Crippen molar-refractivity contribution in [2.75, 3.05) is 38.5 Å². The standard InChI is InChI=1S/C18H23N5O/c1-13-4-6-15(7-5-13)21-17-12-16(19-14(2)20-17)18(24)23-10-8-22(3)9-11-23/h4-7,12H,8-11H2,1-3H3,(H,19,20,21). The van der Waals surface area contributed by atoms with Gasteiger partial charge in [0.05, 0.1) is 0 Å². The number of hydrogen-bond acceptors (Lipinski definition) is 5. The maximum Gasteiger partial charge on any atom is 0.272 e. The van der Waals surface area contributed by atoms with Gasteiger partial charge < -0.3 is 15.1 Å². The maximum atomic E-state index is 12.7. The summed E-state index contributed by atoms with van der Waals surface area (Å²) < 4.78 is 0. The van der Waals surface area contributed by atoms with E-state index in [0.29, 0.717) is 17.3 Å². The van der Waals surface area contributed by atoms with Crippen LogP contribution < -0.4 is 5.32 Å². The van der Waals surface area contributed by atoms with Gasteiger partial charge in [0, 0.05) is 37.9 Å². The molecule has 24 heavy (non-hydrogen) atoms. The zero-order chi connectivity index (χ0) is 17.1. The van der Waals surface area contributed by atoms with E-state index in [1.165, 1.54) is 5.56 Å². The van der Waals surface area contributed by atoms with Crippen molar-refractivity contribution in [3.63, 3.8) is 0 Å². The summed E-state index contributed by atoms with van der Waals surface area (Å²) >= 11 is 0. The molecule has 0 spiro atoms. The summed E-state index contributed by atoms with van der Waals surface area (Å²) in [6.07, 6.45) is 0. The molecule has 3 rings (SSSR count). The molecule has 1 fully saturated rings. The van der Waals surface area contributed by atoms with E-state index in [0.717, 1.165) is 31.9 Å². The molecule has 1 aliphatic heterocycles. The largest absolute Gasteiger partial charge is 0.340 e. The third-order valence-electron chi connectivity index (χ3n) is 4.17. The van der Waals surface area contributed by atoms with Crippen molar-refractivity contribution < 1.29 is 4.79 Å². The first-order chi connectivity index (χ1) is 11.5. The molecule has 6 heteroatoms. The van der Waals surface area contributed by atoms with Crippen LogP contribution in [-0.2, 0) is 0 Å². The smallest absolute Gasteiger partial charge is 0.272 e. The van der Waals surface area contributed by atoms with E-state index < -0.39 is 0 Å². The molecule has 2 heterocycles. The fourth-order valence-corrected chi connectivity index (χ4v) is 2.70. The fraction of sp³-hybridized carbons (Fsp3) is 0.389. The molecule has 1 aromatic heterocycles. The number of aromatic nitrogens is 2. The number of carbonyl (C=O) groups is 1. The van der Waals surface area contributed by atoms with E-state index in [2.05, 4.69) is 27.2 Å². The highest BCUT2D eigenvalue weighted by Gasteiger charge is 2.22. The Kier molecular flexibility index (Phi) is 4.76. The summed E-state index contributed by atoms with van der Waals surface area (Å²) in [6.45, 7) is 7.11. The van der Waals surface area contributed by atoms with Gasteiger partial charge in [-0.25, -0.2) is 9.97 Å². The van der Waals surface area contributed by atoms with Crippen molar-refractivity contribution in [1.82, 2.24) is 19.8 Å². The van der Waals surface area contributed by atoms with Gasteiger partial charge in [-0.1, -0.05) is 17.7 Å². The third-order valence-corrected chi connectivity index (χ3v) is 4.17. The molecule has 0 unspecified atom stereocenters. The normalized spacial score (nSPS) is 15.4. The summed E-state index contributed by atoms with van der Waals surface area (Å²) in [4.78, 5) is 25.5. The molecule has 6 nitrogen and oxygen atoms in total. The molecule has 1 aliphatic rings. The van der Waals surface area contributed by atoms with Crippen LogP contribution in [0.1, 0.15) is 21.9 Å². The number of piperazine rings is 1. The van der Waals surface area contributed by atoms with Crippen LogP contribution in [0, 0.1) is 13.8 Å². The summed E-state index contributed by atoms with van der Waals surface area (Å²) in [7, 11) is 2.07. The Morgan fingerprint density at radius 1 is 1.04 bits per heavy atom. The van der Waals surface area contributed by atoms with Crippen molar-refractivity contribution in [2.24, 2.45) is 0 Å². The first-order valence-electron chi connectivity index (χ1n) is 8.18. The van der Waals surface area contributed by atoms with E-state index >= 15 is 0 Å². The predicted octanol–water partition coefficient (Wildman–Crippen LogP) is 2.22. The maximum absolute atomic E-state index is 12.7. The SMILES string of the molecule is Cc1ccc(Nc2cc(C(=O)N3CCN(C)CC3)nc(C)n2)cc1. The lowest BCUT2D eigenvalue weighted by Gasteiger charge is -2.32. The number of nitrogens with one attached hydrogen (secondary N) is 1. The second kappa shape index (κ2) is 6.97. The topological polar surface area (TPSA) is 61.4 Å². The van der Waals surface area contributed by atoms with Gasteiger partial charge in [-0.2, -0.15) is 0 Å². The Morgan fingerprint density at radius 3 is 2.38 bits per heavy atom. The van der Waals surface area contributed by atoms with Crippen LogP contribution in [0.25, 0.3) is 0 Å². The number of nitrogens with zero attached hydrogens (tertiary/aromatic N) is 4. The zero-order valence-electron chi connectivity index (χ0n) is 14.4. The van der Waals surface area contributed by atoms with E-state index in [1.54, 1.807) is 13.0 Å². The van der Waals surface area contributed by atoms with Crippen molar-refractivity contribution in [3.8, 4) is 0 Å². The highest BCUT2D eigenvalue weighted by Crippen LogP contribution is 2.17.